The molecule has 2 aromatic rings. The van der Waals surface area contributed by atoms with Crippen LogP contribution in [0.1, 0.15) is 39.1 Å². The number of nitrogens with one attached hydrogen (secondary N) is 1. The van der Waals surface area contributed by atoms with Gasteiger partial charge < -0.3 is 10.1 Å². The number of carbonyl (C=O) groups is 1. The standard InChI is InChI=1S/C17H17ClFNO2S/c18-12-3-1-4-13(19)11(12)8-9-20-17(21)16-7-6-15(23-16)14-5-2-10-22-14/h1,3-4,6-7,14H,2,5,8-10H2,(H,20,21)/t14-/m0/s1. The summed E-state index contributed by atoms with van der Waals surface area (Å²) in [6.07, 6.45) is 2.56. The van der Waals surface area contributed by atoms with Crippen molar-refractivity contribution >= 4 is 28.8 Å². The summed E-state index contributed by atoms with van der Waals surface area (Å²) in [5, 5.41) is 3.20. The van der Waals surface area contributed by atoms with Gasteiger partial charge in [0.05, 0.1) is 11.0 Å². The highest BCUT2D eigenvalue weighted by Crippen LogP contribution is 2.33. The van der Waals surface area contributed by atoms with Crippen LogP contribution in [-0.4, -0.2) is 19.1 Å². The van der Waals surface area contributed by atoms with Crippen molar-refractivity contribution in [1.82, 2.24) is 5.32 Å². The molecule has 23 heavy (non-hydrogen) atoms. The summed E-state index contributed by atoms with van der Waals surface area (Å²) in [7, 11) is 0. The molecule has 1 aromatic carbocycles. The number of halogens is 2. The van der Waals surface area contributed by atoms with Crippen molar-refractivity contribution in [1.29, 1.82) is 0 Å². The van der Waals surface area contributed by atoms with Gasteiger partial charge in [-0.1, -0.05) is 17.7 Å². The van der Waals surface area contributed by atoms with E-state index in [4.69, 9.17) is 16.3 Å². The monoisotopic (exact) mass is 353 g/mol. The molecule has 1 saturated heterocycles. The van der Waals surface area contributed by atoms with Crippen molar-refractivity contribution in [2.24, 2.45) is 0 Å². The Balaban J connectivity index is 1.55. The molecule has 1 aliphatic heterocycles. The van der Waals surface area contributed by atoms with E-state index in [1.165, 1.54) is 17.4 Å². The van der Waals surface area contributed by atoms with Gasteiger partial charge in [0.2, 0.25) is 0 Å². The number of hydrogen-bond donors (Lipinski definition) is 1. The summed E-state index contributed by atoms with van der Waals surface area (Å²) in [6, 6.07) is 8.35. The maximum absolute atomic E-state index is 13.7. The predicted octanol–water partition coefficient (Wildman–Crippen LogP) is 4.36. The average molecular weight is 354 g/mol. The number of ether oxygens (including phenoxy) is 1. The van der Waals surface area contributed by atoms with Crippen LogP contribution in [0.5, 0.6) is 0 Å². The summed E-state index contributed by atoms with van der Waals surface area (Å²) in [5.41, 5.74) is 0.431. The van der Waals surface area contributed by atoms with Gasteiger partial charge in [-0.25, -0.2) is 4.39 Å². The van der Waals surface area contributed by atoms with Crippen molar-refractivity contribution < 1.29 is 13.9 Å². The first-order valence-corrected chi connectivity index (χ1v) is 8.77. The lowest BCUT2D eigenvalue weighted by Gasteiger charge is -2.07. The quantitative estimate of drug-likeness (QED) is 0.867. The zero-order valence-electron chi connectivity index (χ0n) is 12.5. The smallest absolute Gasteiger partial charge is 0.261 e. The highest BCUT2D eigenvalue weighted by atomic mass is 35.5. The summed E-state index contributed by atoms with van der Waals surface area (Å²) < 4.78 is 19.3. The number of rotatable bonds is 5. The van der Waals surface area contributed by atoms with Crippen molar-refractivity contribution in [3.8, 4) is 0 Å². The molecule has 0 saturated carbocycles. The van der Waals surface area contributed by atoms with Gasteiger partial charge in [0, 0.05) is 28.6 Å². The maximum Gasteiger partial charge on any atom is 0.261 e. The number of thiophene rings is 1. The summed E-state index contributed by atoms with van der Waals surface area (Å²) in [4.78, 5) is 13.9. The molecule has 1 amide bonds. The molecule has 1 N–H and O–H groups in total. The fraction of sp³-hybridized carbons (Fsp3) is 0.353. The number of carbonyl (C=O) groups excluding carboxylic acids is 1. The second-order valence-corrected chi connectivity index (χ2v) is 6.93. The number of amides is 1. The lowest BCUT2D eigenvalue weighted by atomic mass is 10.1. The van der Waals surface area contributed by atoms with E-state index in [0.29, 0.717) is 28.4 Å². The molecule has 1 aromatic heterocycles. The Labute approximate surface area is 143 Å². The first-order valence-electron chi connectivity index (χ1n) is 7.57. The van der Waals surface area contributed by atoms with E-state index in [9.17, 15) is 9.18 Å². The van der Waals surface area contributed by atoms with Gasteiger partial charge in [-0.05, 0) is 43.5 Å². The molecule has 1 atom stereocenters. The second kappa shape index (κ2) is 7.43. The van der Waals surface area contributed by atoms with Gasteiger partial charge in [-0.3, -0.25) is 4.79 Å². The third-order valence-electron chi connectivity index (χ3n) is 3.82. The van der Waals surface area contributed by atoms with E-state index >= 15 is 0 Å². The van der Waals surface area contributed by atoms with Crippen LogP contribution in [0.15, 0.2) is 30.3 Å². The van der Waals surface area contributed by atoms with Crippen LogP contribution in [-0.2, 0) is 11.2 Å². The van der Waals surface area contributed by atoms with Crippen LogP contribution in [0.3, 0.4) is 0 Å². The molecule has 3 nitrogen and oxygen atoms in total. The van der Waals surface area contributed by atoms with Crippen molar-refractivity contribution in [2.45, 2.75) is 25.4 Å². The zero-order chi connectivity index (χ0) is 16.2. The third kappa shape index (κ3) is 3.91. The van der Waals surface area contributed by atoms with Gasteiger partial charge in [0.25, 0.3) is 5.91 Å². The highest BCUT2D eigenvalue weighted by molar-refractivity contribution is 7.14. The predicted molar refractivity (Wildman–Crippen MR) is 89.7 cm³/mol. The van der Waals surface area contributed by atoms with Crippen LogP contribution in [0, 0.1) is 5.82 Å². The third-order valence-corrected chi connectivity index (χ3v) is 5.35. The summed E-state index contributed by atoms with van der Waals surface area (Å²) in [5.74, 6) is -0.491. The van der Waals surface area contributed by atoms with Crippen molar-refractivity contribution in [2.75, 3.05) is 13.2 Å². The van der Waals surface area contributed by atoms with Gasteiger partial charge in [-0.15, -0.1) is 11.3 Å². The number of benzene rings is 1. The molecule has 3 rings (SSSR count). The Morgan fingerprint density at radius 1 is 1.39 bits per heavy atom. The Hall–Kier alpha value is -1.43. The maximum atomic E-state index is 13.7. The molecule has 0 spiro atoms. The van der Waals surface area contributed by atoms with E-state index in [1.54, 1.807) is 12.1 Å². The van der Waals surface area contributed by atoms with E-state index in [-0.39, 0.29) is 17.8 Å². The summed E-state index contributed by atoms with van der Waals surface area (Å²) >= 11 is 7.43. The van der Waals surface area contributed by atoms with E-state index in [2.05, 4.69) is 5.32 Å². The molecule has 2 heterocycles. The molecule has 1 fully saturated rings. The first kappa shape index (κ1) is 16.4. The van der Waals surface area contributed by atoms with E-state index < -0.39 is 0 Å². The molecular weight excluding hydrogens is 337 g/mol. The second-order valence-electron chi connectivity index (χ2n) is 5.41. The topological polar surface area (TPSA) is 38.3 Å². The minimum Gasteiger partial charge on any atom is -0.373 e. The van der Waals surface area contributed by atoms with Crippen LogP contribution < -0.4 is 5.32 Å². The van der Waals surface area contributed by atoms with Gasteiger partial charge >= 0.3 is 0 Å². The Bertz CT molecular complexity index is 677. The van der Waals surface area contributed by atoms with Crippen LogP contribution >= 0.6 is 22.9 Å². The fourth-order valence-corrected chi connectivity index (χ4v) is 3.88. The molecular formula is C17H17ClFNO2S. The van der Waals surface area contributed by atoms with Crippen LogP contribution in [0.25, 0.3) is 0 Å². The number of hydrogen-bond acceptors (Lipinski definition) is 3. The lowest BCUT2D eigenvalue weighted by Crippen LogP contribution is -2.25. The highest BCUT2D eigenvalue weighted by Gasteiger charge is 2.20. The lowest BCUT2D eigenvalue weighted by molar-refractivity contribution is 0.0958. The molecule has 0 unspecified atom stereocenters. The van der Waals surface area contributed by atoms with Crippen molar-refractivity contribution in [3.63, 3.8) is 0 Å². The largest absolute Gasteiger partial charge is 0.373 e. The Morgan fingerprint density at radius 3 is 3.00 bits per heavy atom. The van der Waals surface area contributed by atoms with E-state index in [0.717, 1.165) is 24.3 Å². The first-order chi connectivity index (χ1) is 11.1. The Kier molecular flexibility index (Phi) is 5.30. The molecule has 1 aliphatic rings. The molecule has 0 bridgehead atoms. The average Bonchev–Trinajstić information content (AvgIpc) is 3.20. The molecule has 6 heteroatoms. The molecule has 0 aliphatic carbocycles. The van der Waals surface area contributed by atoms with E-state index in [1.807, 2.05) is 12.1 Å². The SMILES string of the molecule is O=C(NCCc1c(F)cccc1Cl)c1ccc([C@@H]2CCCO2)s1. The van der Waals surface area contributed by atoms with Crippen LogP contribution in [0.2, 0.25) is 5.02 Å². The Morgan fingerprint density at radius 2 is 2.26 bits per heavy atom. The van der Waals surface area contributed by atoms with Crippen molar-refractivity contribution in [3.05, 3.63) is 56.5 Å². The van der Waals surface area contributed by atoms with Gasteiger partial charge in [0.1, 0.15) is 5.82 Å². The van der Waals surface area contributed by atoms with Crippen LogP contribution in [0.4, 0.5) is 4.39 Å². The minimum atomic E-state index is -0.344. The normalized spacial score (nSPS) is 17.4. The molecule has 0 radical (unpaired) electrons. The fourth-order valence-electron chi connectivity index (χ4n) is 2.61. The zero-order valence-corrected chi connectivity index (χ0v) is 14.1. The van der Waals surface area contributed by atoms with Gasteiger partial charge in [-0.2, -0.15) is 0 Å². The summed E-state index contributed by atoms with van der Waals surface area (Å²) in [6.45, 7) is 1.13. The molecule has 122 valence electrons. The van der Waals surface area contributed by atoms with Gasteiger partial charge in [0.15, 0.2) is 0 Å². The minimum absolute atomic E-state index is 0.124.